The van der Waals surface area contributed by atoms with Gasteiger partial charge in [0.15, 0.2) is 0 Å². The van der Waals surface area contributed by atoms with Gasteiger partial charge in [-0.25, -0.2) is 13.8 Å². The van der Waals surface area contributed by atoms with Crippen molar-refractivity contribution in [2.24, 2.45) is 0 Å². The van der Waals surface area contributed by atoms with Gasteiger partial charge >= 0.3 is 0 Å². The Labute approximate surface area is 172 Å². The summed E-state index contributed by atoms with van der Waals surface area (Å²) < 4.78 is 28.2. The molecule has 0 radical (unpaired) electrons. The molecule has 0 aliphatic carbocycles. The highest BCUT2D eigenvalue weighted by molar-refractivity contribution is 6.03. The molecule has 30 heavy (non-hydrogen) atoms. The van der Waals surface area contributed by atoms with E-state index in [1.807, 2.05) is 0 Å². The normalized spacial score (nSPS) is 13.3. The number of fused-ring (bicyclic) bond motifs is 1. The fourth-order valence-electron chi connectivity index (χ4n) is 3.59. The van der Waals surface area contributed by atoms with Crippen molar-refractivity contribution in [3.8, 4) is 11.3 Å². The first kappa shape index (κ1) is 19.9. The van der Waals surface area contributed by atoms with Gasteiger partial charge in [-0.3, -0.25) is 9.69 Å². The zero-order chi connectivity index (χ0) is 21.3. The predicted molar refractivity (Wildman–Crippen MR) is 110 cm³/mol. The molecule has 2 aromatic carbocycles. The second-order valence-electron chi connectivity index (χ2n) is 6.99. The summed E-state index contributed by atoms with van der Waals surface area (Å²) in [6, 6.07) is 10.4. The van der Waals surface area contributed by atoms with Gasteiger partial charge in [-0.05, 0) is 49.2 Å². The van der Waals surface area contributed by atoms with E-state index in [0.29, 0.717) is 28.8 Å². The van der Waals surface area contributed by atoms with E-state index >= 15 is 0 Å². The number of carbonyl (C=O) groups is 1. The number of nitrogens with one attached hydrogen (secondary N) is 1. The van der Waals surface area contributed by atoms with Crippen LogP contribution < -0.4 is 10.2 Å². The van der Waals surface area contributed by atoms with E-state index < -0.39 is 5.82 Å². The molecular weight excluding hydrogens is 390 g/mol. The molecule has 2 N–H and O–H groups in total. The Bertz CT molecular complexity index is 1120. The van der Waals surface area contributed by atoms with Gasteiger partial charge in [0.05, 0.1) is 18.0 Å². The number of aliphatic hydroxyl groups is 1. The summed E-state index contributed by atoms with van der Waals surface area (Å²) in [5, 5.41) is 12.1. The van der Waals surface area contributed by atoms with Crippen molar-refractivity contribution in [2.75, 3.05) is 23.4 Å². The Kier molecular flexibility index (Phi) is 5.41. The van der Waals surface area contributed by atoms with Gasteiger partial charge in [0, 0.05) is 24.1 Å². The minimum absolute atomic E-state index is 0.108. The molecule has 0 spiro atoms. The molecule has 1 aliphatic heterocycles. The first-order valence-corrected chi connectivity index (χ1v) is 9.59. The first-order valence-electron chi connectivity index (χ1n) is 9.59. The lowest BCUT2D eigenvalue weighted by molar-refractivity contribution is -0.118. The van der Waals surface area contributed by atoms with Crippen LogP contribution in [-0.4, -0.2) is 34.1 Å². The second-order valence-corrected chi connectivity index (χ2v) is 6.99. The van der Waals surface area contributed by atoms with Crippen LogP contribution in [0.5, 0.6) is 0 Å². The molecule has 4 rings (SSSR count). The molecule has 8 heteroatoms. The van der Waals surface area contributed by atoms with Gasteiger partial charge in [0.1, 0.15) is 17.5 Å². The highest BCUT2D eigenvalue weighted by Crippen LogP contribution is 2.39. The van der Waals surface area contributed by atoms with Crippen LogP contribution in [0, 0.1) is 18.6 Å². The van der Waals surface area contributed by atoms with Gasteiger partial charge in [-0.1, -0.05) is 12.1 Å². The minimum Gasteiger partial charge on any atom is -0.395 e. The third-order valence-corrected chi connectivity index (χ3v) is 4.97. The van der Waals surface area contributed by atoms with E-state index in [0.717, 1.165) is 0 Å². The number of halogens is 2. The lowest BCUT2D eigenvalue weighted by atomic mass is 9.95. The van der Waals surface area contributed by atoms with Crippen LogP contribution in [0.25, 0.3) is 11.3 Å². The number of nitrogens with zero attached hydrogens (tertiary/aromatic N) is 3. The number of anilines is 3. The number of carbonyl (C=O) groups excluding carboxylic acids is 1. The largest absolute Gasteiger partial charge is 0.395 e. The topological polar surface area (TPSA) is 78.4 Å². The summed E-state index contributed by atoms with van der Waals surface area (Å²) in [6.07, 6.45) is 0.549. The predicted octanol–water partition coefficient (Wildman–Crippen LogP) is 3.75. The van der Waals surface area contributed by atoms with Crippen LogP contribution in [0.15, 0.2) is 42.5 Å². The molecule has 0 saturated heterocycles. The number of hydrogen-bond acceptors (Lipinski definition) is 5. The standard InChI is InChI=1S/C22H20F2N4O2/c1-13-12-14(23)6-7-15(13)20-16-8-9-19(30)28(18-5-3-2-4-17(18)24)21(16)27-22(26-20)25-10-11-29/h2-7,12,29H,8-11H2,1H3,(H,25,26,27). The van der Waals surface area contributed by atoms with E-state index in [1.54, 1.807) is 25.1 Å². The minimum atomic E-state index is -0.540. The van der Waals surface area contributed by atoms with Crippen molar-refractivity contribution >= 4 is 23.4 Å². The Balaban J connectivity index is 1.95. The van der Waals surface area contributed by atoms with Crippen molar-refractivity contribution in [1.29, 1.82) is 0 Å². The molecule has 0 fully saturated rings. The maximum absolute atomic E-state index is 14.5. The summed E-state index contributed by atoms with van der Waals surface area (Å²) in [6.45, 7) is 1.84. The van der Waals surface area contributed by atoms with Crippen molar-refractivity contribution in [2.45, 2.75) is 19.8 Å². The number of benzene rings is 2. The zero-order valence-electron chi connectivity index (χ0n) is 16.3. The van der Waals surface area contributed by atoms with Crippen molar-refractivity contribution in [1.82, 2.24) is 9.97 Å². The molecule has 1 aromatic heterocycles. The summed E-state index contributed by atoms with van der Waals surface area (Å²) in [7, 11) is 0. The van der Waals surface area contributed by atoms with Gasteiger partial charge in [0.25, 0.3) is 0 Å². The number of aryl methyl sites for hydroxylation is 1. The van der Waals surface area contributed by atoms with E-state index in [4.69, 9.17) is 5.11 Å². The zero-order valence-corrected chi connectivity index (χ0v) is 16.3. The molecule has 3 aromatic rings. The van der Waals surface area contributed by atoms with Crippen LogP contribution in [0.3, 0.4) is 0 Å². The number of amides is 1. The van der Waals surface area contributed by atoms with Gasteiger partial charge < -0.3 is 10.4 Å². The van der Waals surface area contributed by atoms with E-state index in [-0.39, 0.29) is 48.8 Å². The molecule has 154 valence electrons. The van der Waals surface area contributed by atoms with E-state index in [9.17, 15) is 13.6 Å². The Hall–Kier alpha value is -3.39. The fraction of sp³-hybridized carbons (Fsp3) is 0.227. The maximum atomic E-state index is 14.5. The smallest absolute Gasteiger partial charge is 0.233 e. The van der Waals surface area contributed by atoms with Crippen LogP contribution >= 0.6 is 0 Å². The number of hydrogen-bond donors (Lipinski definition) is 2. The number of para-hydroxylation sites is 1. The monoisotopic (exact) mass is 410 g/mol. The number of aromatic nitrogens is 2. The third kappa shape index (κ3) is 3.61. The first-order chi connectivity index (χ1) is 14.5. The van der Waals surface area contributed by atoms with Gasteiger partial charge in [-0.15, -0.1) is 0 Å². The highest BCUT2D eigenvalue weighted by Gasteiger charge is 2.32. The molecule has 1 aliphatic rings. The molecule has 0 saturated carbocycles. The summed E-state index contributed by atoms with van der Waals surface area (Å²) in [5.41, 5.74) is 2.72. The molecule has 0 bridgehead atoms. The lowest BCUT2D eigenvalue weighted by Gasteiger charge is -2.30. The van der Waals surface area contributed by atoms with E-state index in [1.165, 1.54) is 29.2 Å². The third-order valence-electron chi connectivity index (χ3n) is 4.97. The van der Waals surface area contributed by atoms with Crippen molar-refractivity contribution in [3.05, 3.63) is 65.2 Å². The lowest BCUT2D eigenvalue weighted by Crippen LogP contribution is -2.33. The number of rotatable bonds is 5. The Morgan fingerprint density at radius 1 is 1.13 bits per heavy atom. The molecule has 0 unspecified atom stereocenters. The Morgan fingerprint density at radius 2 is 1.93 bits per heavy atom. The highest BCUT2D eigenvalue weighted by atomic mass is 19.1. The molecular formula is C22H20F2N4O2. The molecule has 6 nitrogen and oxygen atoms in total. The van der Waals surface area contributed by atoms with Crippen LogP contribution in [0.4, 0.5) is 26.2 Å². The fourth-order valence-corrected chi connectivity index (χ4v) is 3.59. The number of aliphatic hydroxyl groups excluding tert-OH is 1. The van der Waals surface area contributed by atoms with E-state index in [2.05, 4.69) is 15.3 Å². The maximum Gasteiger partial charge on any atom is 0.233 e. The average Bonchev–Trinajstić information content (AvgIpc) is 2.72. The van der Waals surface area contributed by atoms with Gasteiger partial charge in [-0.2, -0.15) is 4.98 Å². The summed E-state index contributed by atoms with van der Waals surface area (Å²) in [4.78, 5) is 23.1. The van der Waals surface area contributed by atoms with Crippen molar-refractivity contribution in [3.63, 3.8) is 0 Å². The molecule has 0 atom stereocenters. The quantitative estimate of drug-likeness (QED) is 0.670. The summed E-state index contributed by atoms with van der Waals surface area (Å²) in [5.74, 6) is -0.702. The molecule has 1 amide bonds. The average molecular weight is 410 g/mol. The summed E-state index contributed by atoms with van der Waals surface area (Å²) >= 11 is 0. The van der Waals surface area contributed by atoms with Crippen LogP contribution in [0.2, 0.25) is 0 Å². The Morgan fingerprint density at radius 3 is 2.67 bits per heavy atom. The van der Waals surface area contributed by atoms with Crippen LogP contribution in [0.1, 0.15) is 17.5 Å². The second kappa shape index (κ2) is 8.16. The SMILES string of the molecule is Cc1cc(F)ccc1-c1nc(NCCO)nc2c1CCC(=O)N2c1ccccc1F. The van der Waals surface area contributed by atoms with Crippen LogP contribution in [-0.2, 0) is 11.2 Å². The van der Waals surface area contributed by atoms with Crippen molar-refractivity contribution < 1.29 is 18.7 Å². The van der Waals surface area contributed by atoms with Gasteiger partial charge in [0.2, 0.25) is 11.9 Å². The molecule has 2 heterocycles.